The first-order chi connectivity index (χ1) is 7.27. The molecule has 0 radical (unpaired) electrons. The maximum atomic E-state index is 11.5. The molecule has 0 saturated carbocycles. The van der Waals surface area contributed by atoms with E-state index in [-0.39, 0.29) is 5.78 Å². The van der Waals surface area contributed by atoms with E-state index in [0.717, 1.165) is 17.7 Å². The zero-order valence-corrected chi connectivity index (χ0v) is 9.03. The molecule has 82 valence electrons. The van der Waals surface area contributed by atoms with Gasteiger partial charge >= 0.3 is 0 Å². The van der Waals surface area contributed by atoms with Crippen LogP contribution in [0.5, 0.6) is 5.75 Å². The van der Waals surface area contributed by atoms with Gasteiger partial charge in [0.2, 0.25) is 0 Å². The number of ether oxygens (including phenoxy) is 1. The van der Waals surface area contributed by atoms with Crippen LogP contribution in [0.1, 0.15) is 18.4 Å². The second kappa shape index (κ2) is 6.19. The minimum atomic E-state index is 0.213. The molecule has 0 aliphatic heterocycles. The van der Waals surface area contributed by atoms with Gasteiger partial charge in [0.1, 0.15) is 11.5 Å². The van der Waals surface area contributed by atoms with Crippen molar-refractivity contribution in [3.8, 4) is 5.75 Å². The number of para-hydroxylation sites is 1. The Morgan fingerprint density at radius 3 is 2.80 bits per heavy atom. The predicted octanol–water partition coefficient (Wildman–Crippen LogP) is 1.55. The van der Waals surface area contributed by atoms with E-state index in [1.165, 1.54) is 0 Å². The molecule has 0 fully saturated rings. The number of nitrogens with two attached hydrogens (primary N) is 1. The van der Waals surface area contributed by atoms with Crippen LogP contribution in [0.2, 0.25) is 0 Å². The molecule has 0 spiro atoms. The Balaban J connectivity index is 2.59. The van der Waals surface area contributed by atoms with Crippen LogP contribution in [0.3, 0.4) is 0 Å². The zero-order chi connectivity index (χ0) is 11.1. The lowest BCUT2D eigenvalue weighted by atomic mass is 10.0. The standard InChI is InChI=1S/C12H17NO2/c1-15-12-7-3-2-5-10(12)9-11(14)6-4-8-13/h2-3,5,7H,4,6,8-9,13H2,1H3. The maximum Gasteiger partial charge on any atom is 0.137 e. The molecule has 0 unspecified atom stereocenters. The highest BCUT2D eigenvalue weighted by molar-refractivity contribution is 5.81. The third-order valence-corrected chi connectivity index (χ3v) is 2.24. The summed E-state index contributed by atoms with van der Waals surface area (Å²) in [6.07, 6.45) is 1.74. The number of methoxy groups -OCH3 is 1. The van der Waals surface area contributed by atoms with Crippen molar-refractivity contribution in [2.75, 3.05) is 13.7 Å². The lowest BCUT2D eigenvalue weighted by Crippen LogP contribution is -2.07. The number of hydrogen-bond acceptors (Lipinski definition) is 3. The minimum Gasteiger partial charge on any atom is -0.496 e. The monoisotopic (exact) mass is 207 g/mol. The van der Waals surface area contributed by atoms with Gasteiger partial charge in [-0.2, -0.15) is 0 Å². The lowest BCUT2D eigenvalue weighted by Gasteiger charge is -2.06. The third kappa shape index (κ3) is 3.72. The summed E-state index contributed by atoms with van der Waals surface area (Å²) in [7, 11) is 1.61. The molecule has 1 rings (SSSR count). The van der Waals surface area contributed by atoms with E-state index in [9.17, 15) is 4.79 Å². The number of hydrogen-bond donors (Lipinski definition) is 1. The molecular formula is C12H17NO2. The highest BCUT2D eigenvalue weighted by Gasteiger charge is 2.07. The topological polar surface area (TPSA) is 52.3 Å². The molecule has 0 aromatic heterocycles. The predicted molar refractivity (Wildman–Crippen MR) is 60.0 cm³/mol. The lowest BCUT2D eigenvalue weighted by molar-refractivity contribution is -0.118. The van der Waals surface area contributed by atoms with Crippen LogP contribution in [0.25, 0.3) is 0 Å². The smallest absolute Gasteiger partial charge is 0.137 e. The van der Waals surface area contributed by atoms with E-state index in [0.29, 0.717) is 19.4 Å². The summed E-state index contributed by atoms with van der Waals surface area (Å²) >= 11 is 0. The van der Waals surface area contributed by atoms with E-state index in [2.05, 4.69) is 0 Å². The molecular weight excluding hydrogens is 190 g/mol. The van der Waals surface area contributed by atoms with Crippen LogP contribution in [-0.2, 0) is 11.2 Å². The Bertz CT molecular complexity index is 323. The fraction of sp³-hybridized carbons (Fsp3) is 0.417. The molecule has 0 atom stereocenters. The van der Waals surface area contributed by atoms with E-state index in [4.69, 9.17) is 10.5 Å². The van der Waals surface area contributed by atoms with Gasteiger partial charge in [0.25, 0.3) is 0 Å². The van der Waals surface area contributed by atoms with Crippen LogP contribution in [0, 0.1) is 0 Å². The SMILES string of the molecule is COc1ccccc1CC(=O)CCCN. The number of ketones is 1. The van der Waals surface area contributed by atoms with E-state index in [1.807, 2.05) is 24.3 Å². The van der Waals surface area contributed by atoms with Crippen molar-refractivity contribution in [3.05, 3.63) is 29.8 Å². The Labute approximate surface area is 90.2 Å². The summed E-state index contributed by atoms with van der Waals surface area (Å²) in [6.45, 7) is 0.567. The van der Waals surface area contributed by atoms with Crippen molar-refractivity contribution in [3.63, 3.8) is 0 Å². The molecule has 0 heterocycles. The molecule has 2 N–H and O–H groups in total. The van der Waals surface area contributed by atoms with Crippen molar-refractivity contribution in [1.82, 2.24) is 0 Å². The first-order valence-electron chi connectivity index (χ1n) is 5.11. The average molecular weight is 207 g/mol. The van der Waals surface area contributed by atoms with Crippen molar-refractivity contribution >= 4 is 5.78 Å². The number of carbonyl (C=O) groups excluding carboxylic acids is 1. The largest absolute Gasteiger partial charge is 0.496 e. The van der Waals surface area contributed by atoms with Gasteiger partial charge in [0, 0.05) is 18.4 Å². The Hall–Kier alpha value is -1.35. The fourth-order valence-electron chi connectivity index (χ4n) is 1.45. The third-order valence-electron chi connectivity index (χ3n) is 2.24. The van der Waals surface area contributed by atoms with Crippen LogP contribution in [0.15, 0.2) is 24.3 Å². The number of carbonyl (C=O) groups is 1. The summed E-state index contributed by atoms with van der Waals surface area (Å²) in [5, 5.41) is 0. The van der Waals surface area contributed by atoms with Gasteiger partial charge in [-0.25, -0.2) is 0 Å². The quantitative estimate of drug-likeness (QED) is 0.770. The van der Waals surface area contributed by atoms with Crippen molar-refractivity contribution in [1.29, 1.82) is 0 Å². The first kappa shape index (κ1) is 11.7. The molecule has 1 aromatic carbocycles. The van der Waals surface area contributed by atoms with Gasteiger partial charge in [0.15, 0.2) is 0 Å². The molecule has 15 heavy (non-hydrogen) atoms. The first-order valence-corrected chi connectivity index (χ1v) is 5.11. The Kier molecular flexibility index (Phi) is 4.84. The summed E-state index contributed by atoms with van der Waals surface area (Å²) in [5.41, 5.74) is 6.30. The molecule has 0 amide bonds. The van der Waals surface area contributed by atoms with Crippen molar-refractivity contribution < 1.29 is 9.53 Å². The van der Waals surface area contributed by atoms with Gasteiger partial charge in [-0.05, 0) is 19.0 Å². The Morgan fingerprint density at radius 2 is 2.13 bits per heavy atom. The van der Waals surface area contributed by atoms with E-state index >= 15 is 0 Å². The van der Waals surface area contributed by atoms with Crippen molar-refractivity contribution in [2.24, 2.45) is 5.73 Å². The second-order valence-corrected chi connectivity index (χ2v) is 3.42. The summed E-state index contributed by atoms with van der Waals surface area (Å²) in [4.78, 5) is 11.5. The highest BCUT2D eigenvalue weighted by atomic mass is 16.5. The number of Topliss-reactive ketones (excluding diaryl/α,β-unsaturated/α-hetero) is 1. The van der Waals surface area contributed by atoms with Crippen LogP contribution in [-0.4, -0.2) is 19.4 Å². The van der Waals surface area contributed by atoms with Gasteiger partial charge in [-0.1, -0.05) is 18.2 Å². The normalized spacial score (nSPS) is 10.0. The summed E-state index contributed by atoms with van der Waals surface area (Å²) in [5.74, 6) is 0.989. The second-order valence-electron chi connectivity index (χ2n) is 3.42. The maximum absolute atomic E-state index is 11.5. The van der Waals surface area contributed by atoms with Crippen LogP contribution >= 0.6 is 0 Å². The molecule has 0 bridgehead atoms. The van der Waals surface area contributed by atoms with E-state index in [1.54, 1.807) is 7.11 Å². The van der Waals surface area contributed by atoms with E-state index < -0.39 is 0 Å². The minimum absolute atomic E-state index is 0.213. The Morgan fingerprint density at radius 1 is 1.40 bits per heavy atom. The average Bonchev–Trinajstić information content (AvgIpc) is 2.27. The highest BCUT2D eigenvalue weighted by Crippen LogP contribution is 2.18. The molecule has 3 heteroatoms. The van der Waals surface area contributed by atoms with Gasteiger partial charge in [-0.15, -0.1) is 0 Å². The summed E-state index contributed by atoms with van der Waals surface area (Å²) < 4.78 is 5.17. The molecule has 0 aliphatic rings. The molecule has 1 aromatic rings. The number of benzene rings is 1. The van der Waals surface area contributed by atoms with Crippen LogP contribution in [0.4, 0.5) is 0 Å². The van der Waals surface area contributed by atoms with Crippen LogP contribution < -0.4 is 10.5 Å². The number of rotatable bonds is 6. The molecule has 0 aliphatic carbocycles. The van der Waals surface area contributed by atoms with Crippen molar-refractivity contribution in [2.45, 2.75) is 19.3 Å². The molecule has 0 saturated heterocycles. The van der Waals surface area contributed by atoms with Gasteiger partial charge in [-0.3, -0.25) is 4.79 Å². The molecule has 3 nitrogen and oxygen atoms in total. The zero-order valence-electron chi connectivity index (χ0n) is 9.03. The van der Waals surface area contributed by atoms with Gasteiger partial charge < -0.3 is 10.5 Å². The fourth-order valence-corrected chi connectivity index (χ4v) is 1.45. The summed E-state index contributed by atoms with van der Waals surface area (Å²) in [6, 6.07) is 7.59. The van der Waals surface area contributed by atoms with Gasteiger partial charge in [0.05, 0.1) is 7.11 Å².